The molecule has 19 heavy (non-hydrogen) atoms. The van der Waals surface area contributed by atoms with Gasteiger partial charge in [-0.15, -0.1) is 0 Å². The van der Waals surface area contributed by atoms with Gasteiger partial charge in [-0.25, -0.2) is 4.79 Å². The summed E-state index contributed by atoms with van der Waals surface area (Å²) >= 11 is 0. The lowest BCUT2D eigenvalue weighted by Crippen LogP contribution is -2.24. The summed E-state index contributed by atoms with van der Waals surface area (Å²) in [4.78, 5) is 26.3. The van der Waals surface area contributed by atoms with Crippen molar-refractivity contribution in [3.8, 4) is 0 Å². The van der Waals surface area contributed by atoms with Crippen molar-refractivity contribution < 1.29 is 14.8 Å². The van der Waals surface area contributed by atoms with Crippen molar-refractivity contribution in [3.63, 3.8) is 0 Å². The molecule has 0 radical (unpaired) electrons. The highest BCUT2D eigenvalue weighted by atomic mass is 16.6. The Morgan fingerprint density at radius 2 is 2.16 bits per heavy atom. The van der Waals surface area contributed by atoms with Gasteiger partial charge in [0, 0.05) is 24.6 Å². The van der Waals surface area contributed by atoms with Gasteiger partial charge < -0.3 is 10.0 Å². The van der Waals surface area contributed by atoms with Crippen molar-refractivity contribution in [2.45, 2.75) is 6.54 Å². The molecule has 2 rings (SSSR count). The summed E-state index contributed by atoms with van der Waals surface area (Å²) in [7, 11) is 1.45. The first-order chi connectivity index (χ1) is 8.97. The topological polar surface area (TPSA) is 96.6 Å². The Morgan fingerprint density at radius 3 is 2.79 bits per heavy atom. The van der Waals surface area contributed by atoms with E-state index in [4.69, 9.17) is 5.11 Å². The van der Waals surface area contributed by atoms with E-state index in [0.717, 1.165) is 4.90 Å². The van der Waals surface area contributed by atoms with Crippen LogP contribution >= 0.6 is 0 Å². The fourth-order valence-electron chi connectivity index (χ4n) is 1.67. The fraction of sp³-hybridized carbons (Fsp3) is 0.167. The lowest BCUT2D eigenvalue weighted by Gasteiger charge is -2.12. The summed E-state index contributed by atoms with van der Waals surface area (Å²) in [6, 6.07) is 7.72. The average molecular weight is 261 g/mol. The summed E-state index contributed by atoms with van der Waals surface area (Å²) in [6.45, 7) is 0.169. The number of rotatable bonds is 3. The minimum atomic E-state index is -1.04. The van der Waals surface area contributed by atoms with Crippen LogP contribution in [-0.2, 0) is 6.54 Å². The van der Waals surface area contributed by atoms with Crippen LogP contribution in [0.25, 0.3) is 10.9 Å². The Labute approximate surface area is 108 Å². The number of fused-ring (bicyclic) bond motifs is 1. The molecule has 0 fully saturated rings. The summed E-state index contributed by atoms with van der Waals surface area (Å²) in [5.41, 5.74) is 1.19. The number of carboxylic acid groups (broad SMARTS) is 1. The Hall–Kier alpha value is -2.70. The molecule has 0 aliphatic rings. The van der Waals surface area contributed by atoms with Crippen LogP contribution in [-0.4, -0.2) is 33.1 Å². The van der Waals surface area contributed by atoms with E-state index in [-0.39, 0.29) is 12.2 Å². The van der Waals surface area contributed by atoms with Crippen LogP contribution in [0.3, 0.4) is 0 Å². The van der Waals surface area contributed by atoms with Crippen LogP contribution < -0.4 is 0 Å². The quantitative estimate of drug-likeness (QED) is 0.675. The van der Waals surface area contributed by atoms with Crippen molar-refractivity contribution >= 4 is 22.7 Å². The lowest BCUT2D eigenvalue weighted by molar-refractivity contribution is -0.384. The van der Waals surface area contributed by atoms with Gasteiger partial charge in [0.25, 0.3) is 5.69 Å². The number of hydrogen-bond acceptors (Lipinski definition) is 4. The molecule has 98 valence electrons. The standard InChI is InChI=1S/C12H11N3O4/c1-14(12(16)17)7-9-3-2-8-6-10(15(18)19)4-5-11(8)13-9/h2-6H,7H2,1H3,(H,16,17). The Kier molecular flexibility index (Phi) is 3.28. The van der Waals surface area contributed by atoms with Crippen molar-refractivity contribution in [1.29, 1.82) is 0 Å². The van der Waals surface area contributed by atoms with Gasteiger partial charge in [-0.05, 0) is 12.1 Å². The van der Waals surface area contributed by atoms with Gasteiger partial charge in [0.05, 0.1) is 22.7 Å². The number of pyridine rings is 1. The maximum atomic E-state index is 10.7. The molecule has 1 aromatic carbocycles. The molecule has 0 unspecified atom stereocenters. The molecule has 0 atom stereocenters. The molecule has 1 amide bonds. The van der Waals surface area contributed by atoms with E-state index in [1.165, 1.54) is 19.2 Å². The molecule has 7 nitrogen and oxygen atoms in total. The van der Waals surface area contributed by atoms with Crippen molar-refractivity contribution in [2.75, 3.05) is 7.05 Å². The summed E-state index contributed by atoms with van der Waals surface area (Å²) in [5.74, 6) is 0. The van der Waals surface area contributed by atoms with E-state index in [9.17, 15) is 14.9 Å². The van der Waals surface area contributed by atoms with Crippen molar-refractivity contribution in [2.24, 2.45) is 0 Å². The van der Waals surface area contributed by atoms with Gasteiger partial charge in [0.15, 0.2) is 0 Å². The second-order valence-corrected chi connectivity index (χ2v) is 4.08. The van der Waals surface area contributed by atoms with Gasteiger partial charge in [0.1, 0.15) is 0 Å². The zero-order chi connectivity index (χ0) is 14.0. The van der Waals surface area contributed by atoms with Gasteiger partial charge in [-0.2, -0.15) is 0 Å². The summed E-state index contributed by atoms with van der Waals surface area (Å²) in [5, 5.41) is 20.1. The van der Waals surface area contributed by atoms with Gasteiger partial charge in [-0.3, -0.25) is 15.1 Å². The van der Waals surface area contributed by atoms with E-state index >= 15 is 0 Å². The third-order valence-corrected chi connectivity index (χ3v) is 2.67. The van der Waals surface area contributed by atoms with E-state index in [1.54, 1.807) is 18.2 Å². The van der Waals surface area contributed by atoms with Crippen LogP contribution in [0.1, 0.15) is 5.69 Å². The number of nitro benzene ring substituents is 1. The molecule has 0 bridgehead atoms. The Morgan fingerprint density at radius 1 is 1.42 bits per heavy atom. The predicted molar refractivity (Wildman–Crippen MR) is 67.9 cm³/mol. The Balaban J connectivity index is 2.34. The number of nitro groups is 1. The first-order valence-corrected chi connectivity index (χ1v) is 5.45. The first kappa shape index (κ1) is 12.7. The molecular formula is C12H11N3O4. The lowest BCUT2D eigenvalue weighted by atomic mass is 10.2. The maximum absolute atomic E-state index is 10.7. The number of nitrogens with zero attached hydrogens (tertiary/aromatic N) is 3. The maximum Gasteiger partial charge on any atom is 0.407 e. The SMILES string of the molecule is CN(Cc1ccc2cc([N+](=O)[O-])ccc2n1)C(=O)O. The first-order valence-electron chi connectivity index (χ1n) is 5.45. The smallest absolute Gasteiger partial charge is 0.407 e. The van der Waals surface area contributed by atoms with Crippen LogP contribution in [0.15, 0.2) is 30.3 Å². The third kappa shape index (κ3) is 2.76. The highest BCUT2D eigenvalue weighted by Gasteiger charge is 2.10. The molecule has 0 aliphatic carbocycles. The van der Waals surface area contributed by atoms with E-state index in [0.29, 0.717) is 16.6 Å². The second kappa shape index (κ2) is 4.89. The van der Waals surface area contributed by atoms with Crippen molar-refractivity contribution in [3.05, 3.63) is 46.1 Å². The molecule has 0 saturated heterocycles. The normalized spacial score (nSPS) is 10.4. The zero-order valence-corrected chi connectivity index (χ0v) is 10.1. The largest absolute Gasteiger partial charge is 0.465 e. The van der Waals surface area contributed by atoms with Crippen LogP contribution in [0, 0.1) is 10.1 Å². The highest BCUT2D eigenvalue weighted by Crippen LogP contribution is 2.20. The number of carbonyl (C=O) groups is 1. The molecule has 1 aromatic heterocycles. The van der Waals surface area contributed by atoms with Crippen LogP contribution in [0.5, 0.6) is 0 Å². The fourth-order valence-corrected chi connectivity index (χ4v) is 1.67. The summed E-state index contributed by atoms with van der Waals surface area (Å²) < 4.78 is 0. The Bertz CT molecular complexity index is 656. The third-order valence-electron chi connectivity index (χ3n) is 2.67. The number of benzene rings is 1. The number of aromatic nitrogens is 1. The number of hydrogen-bond donors (Lipinski definition) is 1. The molecule has 1 N–H and O–H groups in total. The zero-order valence-electron chi connectivity index (χ0n) is 10.1. The summed E-state index contributed by atoms with van der Waals surface area (Å²) in [6.07, 6.45) is -1.04. The van der Waals surface area contributed by atoms with E-state index in [1.807, 2.05) is 0 Å². The van der Waals surface area contributed by atoms with E-state index < -0.39 is 11.0 Å². The van der Waals surface area contributed by atoms with Gasteiger partial charge in [-0.1, -0.05) is 6.07 Å². The monoisotopic (exact) mass is 261 g/mol. The van der Waals surface area contributed by atoms with Gasteiger partial charge in [0.2, 0.25) is 0 Å². The predicted octanol–water partition coefficient (Wildman–Crippen LogP) is 2.25. The molecule has 2 aromatic rings. The van der Waals surface area contributed by atoms with Crippen molar-refractivity contribution in [1.82, 2.24) is 9.88 Å². The molecule has 0 spiro atoms. The second-order valence-electron chi connectivity index (χ2n) is 4.08. The molecule has 7 heteroatoms. The number of non-ortho nitro benzene ring substituents is 1. The van der Waals surface area contributed by atoms with Crippen LogP contribution in [0.4, 0.5) is 10.5 Å². The molecule has 0 aliphatic heterocycles. The average Bonchev–Trinajstić information content (AvgIpc) is 2.37. The minimum Gasteiger partial charge on any atom is -0.465 e. The van der Waals surface area contributed by atoms with Gasteiger partial charge >= 0.3 is 6.09 Å². The van der Waals surface area contributed by atoms with E-state index in [2.05, 4.69) is 4.98 Å². The molecule has 1 heterocycles. The van der Waals surface area contributed by atoms with Crippen LogP contribution in [0.2, 0.25) is 0 Å². The minimum absolute atomic E-state index is 0.00436. The highest BCUT2D eigenvalue weighted by molar-refractivity contribution is 5.81. The molecular weight excluding hydrogens is 250 g/mol. The molecule has 0 saturated carbocycles. The number of amides is 1.